The van der Waals surface area contributed by atoms with Gasteiger partial charge in [0, 0.05) is 42.3 Å². The molecule has 0 amide bonds. The third-order valence-corrected chi connectivity index (χ3v) is 2.49. The van der Waals surface area contributed by atoms with Crippen LogP contribution in [0.1, 0.15) is 40.5 Å². The minimum atomic E-state index is 0. The molecule has 1 aromatic rings. The van der Waals surface area contributed by atoms with E-state index >= 15 is 0 Å². The van der Waals surface area contributed by atoms with Gasteiger partial charge in [-0.05, 0) is 32.0 Å². The molecule has 2 N–H and O–H groups in total. The predicted octanol–water partition coefficient (Wildman–Crippen LogP) is 3.78. The maximum absolute atomic E-state index is 9.25. The summed E-state index contributed by atoms with van der Waals surface area (Å²) in [7, 11) is 0. The zero-order chi connectivity index (χ0) is 15.1. The van der Waals surface area contributed by atoms with Crippen molar-refractivity contribution in [3.05, 3.63) is 24.3 Å². The van der Waals surface area contributed by atoms with Crippen LogP contribution in [0.4, 0.5) is 11.4 Å². The molecule has 0 aliphatic heterocycles. The van der Waals surface area contributed by atoms with Gasteiger partial charge in [0.1, 0.15) is 0 Å². The van der Waals surface area contributed by atoms with Crippen molar-refractivity contribution in [3.63, 3.8) is 0 Å². The Labute approximate surface area is 136 Å². The molecule has 0 fully saturated rings. The molecule has 0 bridgehead atoms. The summed E-state index contributed by atoms with van der Waals surface area (Å²) in [5.74, 6) is 0.704. The van der Waals surface area contributed by atoms with E-state index in [2.05, 4.69) is 9.98 Å². The van der Waals surface area contributed by atoms with Gasteiger partial charge in [-0.3, -0.25) is 19.6 Å². The Kier molecular flexibility index (Phi) is 8.67. The molecule has 0 saturated heterocycles. The first kappa shape index (κ1) is 19.4. The van der Waals surface area contributed by atoms with E-state index in [9.17, 15) is 9.59 Å². The molecule has 1 aromatic carbocycles. The second kappa shape index (κ2) is 9.37. The van der Waals surface area contributed by atoms with E-state index in [1.807, 2.05) is 38.1 Å². The quantitative estimate of drug-likeness (QED) is 0.430. The largest absolute Gasteiger partial charge is 0.295 e. The van der Waals surface area contributed by atoms with Gasteiger partial charge in [0.05, 0.1) is 24.2 Å². The predicted molar refractivity (Wildman–Crippen MR) is 86.4 cm³/mol. The molecule has 1 rings (SSSR count). The van der Waals surface area contributed by atoms with E-state index in [1.54, 1.807) is 13.8 Å². The second-order valence-corrected chi connectivity index (χ2v) is 5.04. The van der Waals surface area contributed by atoms with Crippen LogP contribution in [0.25, 0.3) is 0 Å². The van der Waals surface area contributed by atoms with Crippen LogP contribution in [-0.2, 0) is 17.1 Å². The Balaban J connectivity index is 0.00000400. The normalized spacial score (nSPS) is 11.8. The fraction of sp³-hybridized carbons (Fsp3) is 0.375. The summed E-state index contributed by atoms with van der Waals surface area (Å²) >= 11 is 0. The zero-order valence-corrected chi connectivity index (χ0v) is 13.8. The Bertz CT molecular complexity index is 530. The van der Waals surface area contributed by atoms with Crippen LogP contribution in [0.15, 0.2) is 34.3 Å². The van der Waals surface area contributed by atoms with Crippen molar-refractivity contribution in [3.8, 4) is 0 Å². The van der Waals surface area contributed by atoms with Gasteiger partial charge in [-0.1, -0.05) is 6.07 Å². The van der Waals surface area contributed by atoms with Crippen molar-refractivity contribution in [1.29, 1.82) is 0 Å². The molecule has 5 heteroatoms. The van der Waals surface area contributed by atoms with E-state index in [-0.39, 0.29) is 17.1 Å². The molecule has 0 saturated carbocycles. The van der Waals surface area contributed by atoms with Gasteiger partial charge in [0.25, 0.3) is 11.6 Å². The minimum Gasteiger partial charge on any atom is -0.283 e. The maximum Gasteiger partial charge on any atom is 0.295 e. The van der Waals surface area contributed by atoms with E-state index in [4.69, 9.17) is 0 Å². The molecule has 0 spiro atoms. The standard InChI is InChI=1S/C16H20N2O2.Cu/c1-11(8-13(3)19)17-15-6-5-7-16(10-15)18-12(2)9-14(4)20;/h5-7,10H,8-9H2,1-4H3;/p+2. The van der Waals surface area contributed by atoms with Crippen molar-refractivity contribution < 1.29 is 26.7 Å². The van der Waals surface area contributed by atoms with Crippen molar-refractivity contribution in [2.45, 2.75) is 40.5 Å². The van der Waals surface area contributed by atoms with Gasteiger partial charge in [-0.15, -0.1) is 0 Å². The van der Waals surface area contributed by atoms with E-state index < -0.39 is 0 Å². The molecule has 0 aliphatic carbocycles. The van der Waals surface area contributed by atoms with Crippen molar-refractivity contribution in [2.75, 3.05) is 0 Å². The van der Waals surface area contributed by atoms with Crippen LogP contribution in [0.3, 0.4) is 0 Å². The smallest absolute Gasteiger partial charge is 0.283 e. The Morgan fingerprint density at radius 2 is 1.24 bits per heavy atom. The number of nitrogens with zero attached hydrogens (tertiary/aromatic N) is 2. The van der Waals surface area contributed by atoms with Crippen LogP contribution in [0.2, 0.25) is 0 Å². The van der Waals surface area contributed by atoms with Crippen molar-refractivity contribution in [2.24, 2.45) is 9.98 Å². The van der Waals surface area contributed by atoms with Crippen LogP contribution < -0.4 is 0 Å². The SMILES string of the molecule is CC(=[OH+])CC(C)=Nc1cccc(N=C(C)CC(C)=[OH+])c1.[Cu]. The molecule has 117 valence electrons. The number of ketones is 2. The first-order valence-corrected chi connectivity index (χ1v) is 6.58. The summed E-state index contributed by atoms with van der Waals surface area (Å²) in [6, 6.07) is 7.57. The number of hydrogen-bond acceptors (Lipinski definition) is 2. The zero-order valence-electron chi connectivity index (χ0n) is 12.8. The van der Waals surface area contributed by atoms with Gasteiger partial charge >= 0.3 is 0 Å². The molecule has 0 atom stereocenters. The fourth-order valence-corrected chi connectivity index (χ4v) is 1.89. The molecular weight excluding hydrogens is 316 g/mol. The number of carbonyl (C=O) groups excluding carboxylic acids is 2. The van der Waals surface area contributed by atoms with Crippen LogP contribution >= 0.6 is 0 Å². The summed E-state index contributed by atoms with van der Waals surface area (Å²) < 4.78 is 0. The molecule has 0 aromatic heterocycles. The number of aliphatic imine (C=N–C) groups is 2. The molecule has 0 heterocycles. The van der Waals surface area contributed by atoms with Gasteiger partial charge in [0.2, 0.25) is 0 Å². The van der Waals surface area contributed by atoms with E-state index in [0.29, 0.717) is 24.4 Å². The first-order chi connectivity index (χ1) is 9.36. The third kappa shape index (κ3) is 8.33. The fourth-order valence-electron chi connectivity index (χ4n) is 1.89. The van der Waals surface area contributed by atoms with E-state index in [0.717, 1.165) is 22.8 Å². The molecule has 4 nitrogen and oxygen atoms in total. The molecule has 0 aliphatic rings. The Morgan fingerprint density at radius 1 is 0.857 bits per heavy atom. The monoisotopic (exact) mass is 337 g/mol. The number of benzene rings is 1. The third-order valence-electron chi connectivity index (χ3n) is 2.49. The topological polar surface area (TPSA) is 67.5 Å². The van der Waals surface area contributed by atoms with Gasteiger partial charge < -0.3 is 0 Å². The van der Waals surface area contributed by atoms with Crippen molar-refractivity contribution >= 4 is 34.4 Å². The average Bonchev–Trinajstić information content (AvgIpc) is 2.26. The summed E-state index contributed by atoms with van der Waals surface area (Å²) in [5.41, 5.74) is 3.31. The summed E-state index contributed by atoms with van der Waals surface area (Å²) in [5, 5.41) is 0. The molecule has 21 heavy (non-hydrogen) atoms. The molecular formula is C16H22CuN2O2+2. The minimum absolute atomic E-state index is 0. The summed E-state index contributed by atoms with van der Waals surface area (Å²) in [6.07, 6.45) is 0.955. The van der Waals surface area contributed by atoms with Crippen LogP contribution in [-0.4, -0.2) is 32.6 Å². The van der Waals surface area contributed by atoms with Gasteiger partial charge in [-0.25, -0.2) is 0 Å². The van der Waals surface area contributed by atoms with Crippen molar-refractivity contribution in [1.82, 2.24) is 0 Å². The average molecular weight is 338 g/mol. The summed E-state index contributed by atoms with van der Waals surface area (Å²) in [4.78, 5) is 27.4. The molecule has 1 radical (unpaired) electrons. The second-order valence-electron chi connectivity index (χ2n) is 5.04. The molecule has 0 unspecified atom stereocenters. The maximum atomic E-state index is 9.25. The van der Waals surface area contributed by atoms with Gasteiger partial charge in [0.15, 0.2) is 0 Å². The first-order valence-electron chi connectivity index (χ1n) is 6.58. The summed E-state index contributed by atoms with van der Waals surface area (Å²) in [6.45, 7) is 7.09. The van der Waals surface area contributed by atoms with Gasteiger partial charge in [-0.2, -0.15) is 0 Å². The Hall–Kier alpha value is -1.58. The van der Waals surface area contributed by atoms with Crippen LogP contribution in [0, 0.1) is 0 Å². The van der Waals surface area contributed by atoms with Crippen LogP contribution in [0.5, 0.6) is 0 Å². The number of hydrogen-bond donors (Lipinski definition) is 0. The Morgan fingerprint density at radius 3 is 1.57 bits per heavy atom. The number of rotatable bonds is 6. The van der Waals surface area contributed by atoms with E-state index in [1.165, 1.54) is 0 Å².